The van der Waals surface area contributed by atoms with E-state index in [0.717, 1.165) is 59.6 Å². The van der Waals surface area contributed by atoms with Crippen LogP contribution in [-0.4, -0.2) is 59.2 Å². The number of fused-ring (bicyclic) bond motifs is 2. The van der Waals surface area contributed by atoms with E-state index in [-0.39, 0.29) is 17.6 Å². The number of imidazole rings is 1. The lowest BCUT2D eigenvalue weighted by atomic mass is 9.74. The highest BCUT2D eigenvalue weighted by molar-refractivity contribution is 5.86. The Labute approximate surface area is 242 Å². The fourth-order valence-corrected chi connectivity index (χ4v) is 7.56. The van der Waals surface area contributed by atoms with E-state index in [4.69, 9.17) is 10.7 Å². The number of anilines is 1. The van der Waals surface area contributed by atoms with Crippen LogP contribution >= 0.6 is 0 Å². The Morgan fingerprint density at radius 1 is 1.07 bits per heavy atom. The van der Waals surface area contributed by atoms with Crippen LogP contribution in [-0.2, 0) is 11.8 Å². The number of aryl methyl sites for hydroxylation is 1. The van der Waals surface area contributed by atoms with Gasteiger partial charge in [-0.3, -0.25) is 4.90 Å². The monoisotopic (exact) mass is 555 g/mol. The first-order valence-corrected chi connectivity index (χ1v) is 15.7. The number of benzene rings is 1. The normalized spacial score (nSPS) is 27.1. The predicted octanol–water partition coefficient (Wildman–Crippen LogP) is 5.77. The molecule has 0 radical (unpaired) electrons. The van der Waals surface area contributed by atoms with E-state index >= 15 is 0 Å². The minimum atomic E-state index is -0.276. The molecular formula is C33H45N7O. The second-order valence-corrected chi connectivity index (χ2v) is 14.1. The van der Waals surface area contributed by atoms with E-state index in [9.17, 15) is 5.11 Å². The highest BCUT2D eigenvalue weighted by Gasteiger charge is 2.42. The van der Waals surface area contributed by atoms with Crippen LogP contribution in [0.1, 0.15) is 89.6 Å². The number of nitrogen functional groups attached to an aromatic ring is 1. The van der Waals surface area contributed by atoms with E-state index in [1.165, 1.54) is 44.1 Å². The van der Waals surface area contributed by atoms with E-state index < -0.39 is 0 Å². The Balaban J connectivity index is 0.960. The molecule has 4 aromatic rings. The zero-order chi connectivity index (χ0) is 28.3. The number of nitrogens with two attached hydrogens (primary N) is 1. The van der Waals surface area contributed by atoms with Crippen molar-refractivity contribution in [3.63, 3.8) is 0 Å². The van der Waals surface area contributed by atoms with Crippen molar-refractivity contribution in [1.82, 2.24) is 29.4 Å². The maximum Gasteiger partial charge on any atom is 0.145 e. The van der Waals surface area contributed by atoms with E-state index in [2.05, 4.69) is 69.6 Å². The van der Waals surface area contributed by atoms with Gasteiger partial charge in [-0.15, -0.1) is 0 Å². The zero-order valence-electron chi connectivity index (χ0n) is 24.8. The number of nitrogens with one attached hydrogen (secondary N) is 1. The first-order chi connectivity index (χ1) is 19.7. The van der Waals surface area contributed by atoms with Gasteiger partial charge < -0.3 is 20.4 Å². The van der Waals surface area contributed by atoms with Crippen molar-refractivity contribution in [2.45, 2.75) is 108 Å². The molecule has 0 amide bonds. The lowest BCUT2D eigenvalue weighted by molar-refractivity contribution is -0.0149. The van der Waals surface area contributed by atoms with Gasteiger partial charge in [0, 0.05) is 37.3 Å². The van der Waals surface area contributed by atoms with Gasteiger partial charge in [-0.25, -0.2) is 15.0 Å². The number of H-pyrrole nitrogens is 1. The average molecular weight is 556 g/mol. The summed E-state index contributed by atoms with van der Waals surface area (Å²) >= 11 is 0. The van der Waals surface area contributed by atoms with Crippen LogP contribution in [0.25, 0.3) is 22.1 Å². The third-order valence-corrected chi connectivity index (χ3v) is 10.4. The molecule has 8 nitrogen and oxygen atoms in total. The number of aromatic amines is 1. The first-order valence-electron chi connectivity index (χ1n) is 15.7. The fraction of sp³-hybridized carbons (Fsp3) is 0.606. The first kappa shape index (κ1) is 26.9. The lowest BCUT2D eigenvalue weighted by Crippen LogP contribution is -2.54. The molecule has 0 spiro atoms. The number of aromatic nitrogens is 5. The quantitative estimate of drug-likeness (QED) is 0.255. The van der Waals surface area contributed by atoms with Crippen molar-refractivity contribution in [2.75, 3.05) is 12.3 Å². The second kappa shape index (κ2) is 10.4. The van der Waals surface area contributed by atoms with Crippen LogP contribution in [0, 0.1) is 11.8 Å². The van der Waals surface area contributed by atoms with Crippen molar-refractivity contribution < 1.29 is 5.11 Å². The molecule has 3 unspecified atom stereocenters. The molecule has 0 aliphatic heterocycles. The van der Waals surface area contributed by atoms with E-state index in [1.54, 1.807) is 6.33 Å². The standard InChI is InChI=1S/C33H45N7O/c1-33(2,3)22-8-9-27-28(16-22)38-30(37-27)10-7-20-13-24(14-20)40(23-5-4-6-23)18-21-15-25(17-29(21)41)39-12-11-26-31(34)35-19-36-32(26)39/h8-9,11-12,16,19-21,23-25,29,41H,4-7,10,13-15,17-18H2,1-3H3,(H,37,38)(H2,34,35,36). The Morgan fingerprint density at radius 3 is 2.66 bits per heavy atom. The average Bonchev–Trinajstić information content (AvgIpc) is 3.58. The van der Waals surface area contributed by atoms with Gasteiger partial charge in [-0.2, -0.15) is 0 Å². The predicted molar refractivity (Wildman–Crippen MR) is 164 cm³/mol. The third-order valence-electron chi connectivity index (χ3n) is 10.4. The minimum Gasteiger partial charge on any atom is -0.393 e. The molecule has 3 fully saturated rings. The highest BCUT2D eigenvalue weighted by atomic mass is 16.3. The Bertz CT molecular complexity index is 1520. The summed E-state index contributed by atoms with van der Waals surface area (Å²) in [6.45, 7) is 7.78. The van der Waals surface area contributed by atoms with Crippen LogP contribution < -0.4 is 5.73 Å². The van der Waals surface area contributed by atoms with Gasteiger partial charge in [0.1, 0.15) is 23.6 Å². The smallest absolute Gasteiger partial charge is 0.145 e. The molecule has 1 aromatic carbocycles. The molecule has 41 heavy (non-hydrogen) atoms. The van der Waals surface area contributed by atoms with Gasteiger partial charge in [-0.1, -0.05) is 33.3 Å². The molecule has 8 heteroatoms. The van der Waals surface area contributed by atoms with E-state index in [1.807, 2.05) is 6.07 Å². The molecule has 7 rings (SSSR count). The number of hydrogen-bond acceptors (Lipinski definition) is 6. The molecule has 4 N–H and O–H groups in total. The Kier molecular flexibility index (Phi) is 6.81. The Morgan fingerprint density at radius 2 is 1.90 bits per heavy atom. The summed E-state index contributed by atoms with van der Waals surface area (Å²) in [7, 11) is 0. The summed E-state index contributed by atoms with van der Waals surface area (Å²) in [5.74, 6) is 2.70. The molecule has 3 aliphatic carbocycles. The van der Waals surface area contributed by atoms with Crippen molar-refractivity contribution in [3.05, 3.63) is 48.2 Å². The molecule has 3 saturated carbocycles. The summed E-state index contributed by atoms with van der Waals surface area (Å²) in [4.78, 5) is 19.9. The summed E-state index contributed by atoms with van der Waals surface area (Å²) in [6.07, 6.45) is 13.8. The number of hydrogen-bond donors (Lipinski definition) is 3. The van der Waals surface area contributed by atoms with Crippen LogP contribution in [0.3, 0.4) is 0 Å². The molecule has 3 heterocycles. The molecule has 3 atom stereocenters. The molecule has 218 valence electrons. The summed E-state index contributed by atoms with van der Waals surface area (Å²) in [5, 5.41) is 12.1. The van der Waals surface area contributed by atoms with Gasteiger partial charge >= 0.3 is 0 Å². The van der Waals surface area contributed by atoms with E-state index in [0.29, 0.717) is 23.8 Å². The molecular weight excluding hydrogens is 510 g/mol. The van der Waals surface area contributed by atoms with Crippen LogP contribution in [0.2, 0.25) is 0 Å². The van der Waals surface area contributed by atoms with Gasteiger partial charge in [-0.05, 0) is 86.0 Å². The molecule has 3 aromatic heterocycles. The van der Waals surface area contributed by atoms with Crippen molar-refractivity contribution in [3.8, 4) is 0 Å². The number of aliphatic hydroxyl groups is 1. The second-order valence-electron chi connectivity index (χ2n) is 14.1. The van der Waals surface area contributed by atoms with Gasteiger partial charge in [0.15, 0.2) is 0 Å². The topological polar surface area (TPSA) is 109 Å². The number of rotatable bonds is 8. The molecule has 0 saturated heterocycles. The SMILES string of the molecule is CC(C)(C)c1ccc2nc(CCC3CC(N(CC4CC(n5ccc6c(N)ncnc65)CC4O)C4CCC4)C3)[nH]c2c1. The summed E-state index contributed by atoms with van der Waals surface area (Å²) in [6, 6.07) is 10.3. The van der Waals surface area contributed by atoms with Gasteiger partial charge in [0.25, 0.3) is 0 Å². The maximum atomic E-state index is 11.2. The van der Waals surface area contributed by atoms with Gasteiger partial charge in [0.2, 0.25) is 0 Å². The lowest BCUT2D eigenvalue weighted by Gasteiger charge is -2.50. The van der Waals surface area contributed by atoms with Crippen LogP contribution in [0.4, 0.5) is 5.82 Å². The van der Waals surface area contributed by atoms with Gasteiger partial charge in [0.05, 0.1) is 22.5 Å². The van der Waals surface area contributed by atoms with Crippen molar-refractivity contribution >= 4 is 27.9 Å². The number of aliphatic hydroxyl groups excluding tert-OH is 1. The Hall–Kier alpha value is -2.97. The van der Waals surface area contributed by atoms with Crippen molar-refractivity contribution in [2.24, 2.45) is 11.8 Å². The zero-order valence-corrected chi connectivity index (χ0v) is 24.8. The minimum absolute atomic E-state index is 0.141. The van der Waals surface area contributed by atoms with Crippen LogP contribution in [0.15, 0.2) is 36.8 Å². The fourth-order valence-electron chi connectivity index (χ4n) is 7.56. The molecule has 0 bridgehead atoms. The highest BCUT2D eigenvalue weighted by Crippen LogP contribution is 2.43. The third kappa shape index (κ3) is 5.14. The number of nitrogens with zero attached hydrogens (tertiary/aromatic N) is 5. The summed E-state index contributed by atoms with van der Waals surface area (Å²) < 4.78 is 2.21. The largest absolute Gasteiger partial charge is 0.393 e. The maximum absolute atomic E-state index is 11.2. The summed E-state index contributed by atoms with van der Waals surface area (Å²) in [5.41, 5.74) is 10.7. The molecule has 3 aliphatic rings. The van der Waals surface area contributed by atoms with Crippen molar-refractivity contribution in [1.29, 1.82) is 0 Å². The van der Waals surface area contributed by atoms with Crippen LogP contribution in [0.5, 0.6) is 0 Å².